The second-order valence-electron chi connectivity index (χ2n) is 5.32. The monoisotopic (exact) mass is 253 g/mol. The minimum Gasteiger partial charge on any atom is -0.511 e. The molecule has 0 aromatic rings. The maximum atomic E-state index is 11.9. The summed E-state index contributed by atoms with van der Waals surface area (Å²) in [6, 6.07) is 0. The van der Waals surface area contributed by atoms with Gasteiger partial charge in [0.1, 0.15) is 5.76 Å². The van der Waals surface area contributed by atoms with Crippen molar-refractivity contribution in [2.75, 3.05) is 7.11 Å². The van der Waals surface area contributed by atoms with Gasteiger partial charge in [-0.2, -0.15) is 0 Å². The van der Waals surface area contributed by atoms with E-state index in [1.165, 1.54) is 7.11 Å². The van der Waals surface area contributed by atoms with E-state index in [1.54, 1.807) is 0 Å². The topological polar surface area (TPSA) is 87.4 Å². The number of ketones is 1. The van der Waals surface area contributed by atoms with E-state index in [1.807, 2.05) is 13.8 Å². The van der Waals surface area contributed by atoms with Crippen LogP contribution in [-0.4, -0.2) is 29.7 Å². The van der Waals surface area contributed by atoms with Crippen LogP contribution in [0.4, 0.5) is 0 Å². The molecule has 1 rings (SSSR count). The molecule has 18 heavy (non-hydrogen) atoms. The van der Waals surface area contributed by atoms with Gasteiger partial charge >= 0.3 is 5.97 Å². The Morgan fingerprint density at radius 1 is 1.39 bits per heavy atom. The fourth-order valence-electron chi connectivity index (χ4n) is 2.10. The Morgan fingerprint density at radius 2 is 2.00 bits per heavy atom. The van der Waals surface area contributed by atoms with Crippen LogP contribution in [0.5, 0.6) is 0 Å². The lowest BCUT2D eigenvalue weighted by Gasteiger charge is -2.30. The lowest BCUT2D eigenvalue weighted by molar-refractivity contribution is -0.140. The Kier molecular flexibility index (Phi) is 4.27. The van der Waals surface area contributed by atoms with E-state index in [-0.39, 0.29) is 41.1 Å². The molecule has 1 fully saturated rings. The van der Waals surface area contributed by atoms with Crippen molar-refractivity contribution in [3.63, 3.8) is 0 Å². The van der Waals surface area contributed by atoms with Crippen molar-refractivity contribution in [1.29, 1.82) is 5.41 Å². The highest BCUT2D eigenvalue weighted by atomic mass is 16.5. The Bertz CT molecular complexity index is 399. The maximum absolute atomic E-state index is 11.9. The molecule has 0 amide bonds. The Morgan fingerprint density at radius 3 is 2.50 bits per heavy atom. The summed E-state index contributed by atoms with van der Waals surface area (Å²) in [6.07, 6.45) is 0.815. The van der Waals surface area contributed by atoms with Crippen LogP contribution in [0.2, 0.25) is 0 Å². The average Bonchev–Trinajstić information content (AvgIpc) is 2.22. The van der Waals surface area contributed by atoms with E-state index in [0.717, 1.165) is 0 Å². The second-order valence-corrected chi connectivity index (χ2v) is 5.32. The second kappa shape index (κ2) is 5.33. The molecule has 0 aliphatic heterocycles. The lowest BCUT2D eigenvalue weighted by Crippen LogP contribution is -2.32. The van der Waals surface area contributed by atoms with Crippen LogP contribution in [0.25, 0.3) is 0 Å². The normalized spacial score (nSPS) is 21.7. The largest absolute Gasteiger partial charge is 0.511 e. The summed E-state index contributed by atoms with van der Waals surface area (Å²) in [5.74, 6) is -0.846. The van der Waals surface area contributed by atoms with Gasteiger partial charge in [0.2, 0.25) is 0 Å². The van der Waals surface area contributed by atoms with E-state index in [0.29, 0.717) is 12.8 Å². The first kappa shape index (κ1) is 14.4. The number of allylic oxidation sites excluding steroid dienone is 2. The van der Waals surface area contributed by atoms with Crippen molar-refractivity contribution in [3.8, 4) is 0 Å². The van der Waals surface area contributed by atoms with Crippen molar-refractivity contribution in [3.05, 3.63) is 11.3 Å². The first-order valence-electron chi connectivity index (χ1n) is 5.87. The molecule has 0 atom stereocenters. The zero-order chi connectivity index (χ0) is 13.9. The standard InChI is InChI=1S/C13H19NO4/c1-13(2)6-8(14)12(10(16)7-13)9(15)4-5-11(17)18-3/h14-15H,4-7H2,1-3H3/b12-9-,14-8?. The van der Waals surface area contributed by atoms with E-state index >= 15 is 0 Å². The number of ether oxygens (including phenoxy) is 1. The summed E-state index contributed by atoms with van der Waals surface area (Å²) in [7, 11) is 1.27. The molecule has 100 valence electrons. The number of carbonyl (C=O) groups is 2. The minimum atomic E-state index is -0.447. The first-order valence-corrected chi connectivity index (χ1v) is 5.87. The van der Waals surface area contributed by atoms with E-state index < -0.39 is 5.97 Å². The molecule has 5 nitrogen and oxygen atoms in total. The van der Waals surface area contributed by atoms with Crippen molar-refractivity contribution in [2.45, 2.75) is 39.5 Å². The molecule has 0 unspecified atom stereocenters. The van der Waals surface area contributed by atoms with Gasteiger partial charge in [0.15, 0.2) is 5.78 Å². The van der Waals surface area contributed by atoms with Gasteiger partial charge in [0.05, 0.1) is 19.1 Å². The number of aliphatic hydroxyl groups excluding tert-OH is 1. The summed E-state index contributed by atoms with van der Waals surface area (Å²) >= 11 is 0. The SMILES string of the molecule is COC(=O)CC/C(O)=C1\C(=N)CC(C)(C)CC1=O. The molecule has 2 N–H and O–H groups in total. The molecule has 0 bridgehead atoms. The van der Waals surface area contributed by atoms with Gasteiger partial charge in [0, 0.05) is 18.6 Å². The number of esters is 1. The smallest absolute Gasteiger partial charge is 0.305 e. The van der Waals surface area contributed by atoms with Gasteiger partial charge in [-0.3, -0.25) is 9.59 Å². The number of hydrogen-bond donors (Lipinski definition) is 2. The third-order valence-electron chi connectivity index (χ3n) is 2.96. The van der Waals surface area contributed by atoms with Crippen LogP contribution in [0.15, 0.2) is 11.3 Å². The van der Waals surface area contributed by atoms with Crippen molar-refractivity contribution in [1.82, 2.24) is 0 Å². The molecule has 0 spiro atoms. The van der Waals surface area contributed by atoms with Gasteiger partial charge < -0.3 is 15.3 Å². The highest BCUT2D eigenvalue weighted by molar-refractivity contribution is 6.23. The van der Waals surface area contributed by atoms with E-state index in [9.17, 15) is 14.7 Å². The summed E-state index contributed by atoms with van der Waals surface area (Å²) < 4.78 is 4.46. The number of aliphatic hydroxyl groups is 1. The van der Waals surface area contributed by atoms with E-state index in [4.69, 9.17) is 5.41 Å². The van der Waals surface area contributed by atoms with Crippen molar-refractivity contribution < 1.29 is 19.4 Å². The number of methoxy groups -OCH3 is 1. The fraction of sp³-hybridized carbons (Fsp3) is 0.615. The van der Waals surface area contributed by atoms with Crippen molar-refractivity contribution >= 4 is 17.5 Å². The average molecular weight is 253 g/mol. The molecule has 1 saturated carbocycles. The Labute approximate surface area is 106 Å². The number of carbonyl (C=O) groups excluding carboxylic acids is 2. The Hall–Kier alpha value is -1.65. The fourth-order valence-corrected chi connectivity index (χ4v) is 2.10. The predicted octanol–water partition coefficient (Wildman–Crippen LogP) is 2.16. The molecule has 5 heteroatoms. The van der Waals surface area contributed by atoms with Gasteiger partial charge in [-0.15, -0.1) is 0 Å². The van der Waals surface area contributed by atoms with Crippen LogP contribution >= 0.6 is 0 Å². The van der Waals surface area contributed by atoms with E-state index in [2.05, 4.69) is 4.74 Å². The molecule has 1 aliphatic carbocycles. The van der Waals surface area contributed by atoms with Gasteiger partial charge in [-0.05, 0) is 11.8 Å². The number of rotatable bonds is 3. The zero-order valence-electron chi connectivity index (χ0n) is 11.0. The quantitative estimate of drug-likeness (QED) is 0.458. The summed E-state index contributed by atoms with van der Waals surface area (Å²) in [4.78, 5) is 22.9. The minimum absolute atomic E-state index is 0.00971. The van der Waals surface area contributed by atoms with Crippen LogP contribution in [0.1, 0.15) is 39.5 Å². The third kappa shape index (κ3) is 3.42. The molecular formula is C13H19NO4. The van der Waals surface area contributed by atoms with Gasteiger partial charge in [-0.25, -0.2) is 0 Å². The maximum Gasteiger partial charge on any atom is 0.305 e. The molecule has 1 aliphatic rings. The summed E-state index contributed by atoms with van der Waals surface area (Å²) in [5.41, 5.74) is -0.00263. The number of nitrogens with one attached hydrogen (secondary N) is 1. The first-order chi connectivity index (χ1) is 8.26. The highest BCUT2D eigenvalue weighted by Crippen LogP contribution is 2.35. The molecular weight excluding hydrogens is 234 g/mol. The Balaban J connectivity index is 2.83. The van der Waals surface area contributed by atoms with Crippen LogP contribution < -0.4 is 0 Å². The molecule has 0 heterocycles. The van der Waals surface area contributed by atoms with Crippen LogP contribution in [0, 0.1) is 10.8 Å². The van der Waals surface area contributed by atoms with Gasteiger partial charge in [0.25, 0.3) is 0 Å². The zero-order valence-corrected chi connectivity index (χ0v) is 11.0. The molecule has 0 radical (unpaired) electrons. The molecule has 0 aromatic heterocycles. The van der Waals surface area contributed by atoms with Crippen LogP contribution in [0.3, 0.4) is 0 Å². The summed E-state index contributed by atoms with van der Waals surface area (Å²) in [6.45, 7) is 3.84. The van der Waals surface area contributed by atoms with Gasteiger partial charge in [-0.1, -0.05) is 13.8 Å². The number of hydrogen-bond acceptors (Lipinski definition) is 5. The third-order valence-corrected chi connectivity index (χ3v) is 2.96. The molecule has 0 aromatic carbocycles. The highest BCUT2D eigenvalue weighted by Gasteiger charge is 2.35. The summed E-state index contributed by atoms with van der Waals surface area (Å²) in [5, 5.41) is 17.7. The molecule has 0 saturated heterocycles. The van der Waals surface area contributed by atoms with Crippen LogP contribution in [-0.2, 0) is 14.3 Å². The lowest BCUT2D eigenvalue weighted by atomic mass is 9.73. The van der Waals surface area contributed by atoms with Crippen molar-refractivity contribution in [2.24, 2.45) is 5.41 Å². The number of Topliss-reactive ketones (excluding diaryl/α,β-unsaturated/α-hetero) is 1. The predicted molar refractivity (Wildman–Crippen MR) is 66.7 cm³/mol.